The van der Waals surface area contributed by atoms with Gasteiger partial charge in [0.2, 0.25) is 0 Å². The van der Waals surface area contributed by atoms with E-state index in [4.69, 9.17) is 4.74 Å². The summed E-state index contributed by atoms with van der Waals surface area (Å²) in [7, 11) is 0. The van der Waals surface area contributed by atoms with Crippen molar-refractivity contribution in [2.45, 2.75) is 32.0 Å². The summed E-state index contributed by atoms with van der Waals surface area (Å²) in [6, 6.07) is 0. The molecule has 0 fully saturated rings. The molecule has 0 amide bonds. The fraction of sp³-hybridized carbons (Fsp3) is 0.625. The molecule has 0 aliphatic heterocycles. The van der Waals surface area contributed by atoms with Crippen molar-refractivity contribution in [2.24, 2.45) is 0 Å². The van der Waals surface area contributed by atoms with Crippen LogP contribution in [0.2, 0.25) is 0 Å². The molecular formula is C8H11FO2. The number of rotatable bonds is 1. The van der Waals surface area contributed by atoms with Crippen molar-refractivity contribution >= 4 is 5.97 Å². The summed E-state index contributed by atoms with van der Waals surface area (Å²) in [4.78, 5) is 10.4. The number of halogens is 1. The maximum atomic E-state index is 12.5. The molecule has 1 aliphatic rings. The first-order valence-corrected chi connectivity index (χ1v) is 3.68. The summed E-state index contributed by atoms with van der Waals surface area (Å²) < 4.78 is 17.3. The van der Waals surface area contributed by atoms with Crippen LogP contribution in [0.25, 0.3) is 0 Å². The van der Waals surface area contributed by atoms with E-state index in [0.29, 0.717) is 12.8 Å². The van der Waals surface area contributed by atoms with Gasteiger partial charge in [-0.1, -0.05) is 6.08 Å². The highest BCUT2D eigenvalue weighted by Crippen LogP contribution is 2.16. The van der Waals surface area contributed by atoms with E-state index in [2.05, 4.69) is 0 Å². The molecule has 2 nitrogen and oxygen atoms in total. The Balaban J connectivity index is 2.38. The molecular weight excluding hydrogens is 147 g/mol. The van der Waals surface area contributed by atoms with E-state index < -0.39 is 6.17 Å². The predicted molar refractivity (Wildman–Crippen MR) is 38.8 cm³/mol. The van der Waals surface area contributed by atoms with Crippen molar-refractivity contribution in [3.63, 3.8) is 0 Å². The number of carbonyl (C=O) groups excluding carboxylic acids is 1. The van der Waals surface area contributed by atoms with Gasteiger partial charge in [0, 0.05) is 6.92 Å². The van der Waals surface area contributed by atoms with E-state index in [9.17, 15) is 9.18 Å². The van der Waals surface area contributed by atoms with E-state index in [1.54, 1.807) is 6.08 Å². The van der Waals surface area contributed by atoms with E-state index in [1.807, 2.05) is 0 Å². The van der Waals surface area contributed by atoms with Crippen LogP contribution in [-0.2, 0) is 9.53 Å². The molecule has 0 aromatic heterocycles. The van der Waals surface area contributed by atoms with Crippen molar-refractivity contribution in [3.05, 3.63) is 12.2 Å². The molecule has 62 valence electrons. The van der Waals surface area contributed by atoms with E-state index >= 15 is 0 Å². The SMILES string of the molecule is CC(=O)O[C@H]1C=C[C@H](F)CC1. The molecule has 0 saturated carbocycles. The quantitative estimate of drug-likeness (QED) is 0.428. The second-order valence-corrected chi connectivity index (χ2v) is 2.63. The summed E-state index contributed by atoms with van der Waals surface area (Å²) >= 11 is 0. The van der Waals surface area contributed by atoms with Crippen LogP contribution in [0.15, 0.2) is 12.2 Å². The molecule has 0 radical (unpaired) electrons. The third kappa shape index (κ3) is 2.70. The Morgan fingerprint density at radius 1 is 1.55 bits per heavy atom. The number of hydrogen-bond donors (Lipinski definition) is 0. The minimum Gasteiger partial charge on any atom is -0.458 e. The monoisotopic (exact) mass is 158 g/mol. The van der Waals surface area contributed by atoms with Crippen LogP contribution in [0.3, 0.4) is 0 Å². The Morgan fingerprint density at radius 3 is 2.73 bits per heavy atom. The Hall–Kier alpha value is -0.860. The van der Waals surface area contributed by atoms with Gasteiger partial charge < -0.3 is 4.74 Å². The normalized spacial score (nSPS) is 30.0. The Labute approximate surface area is 65.0 Å². The number of esters is 1. The highest BCUT2D eigenvalue weighted by Gasteiger charge is 2.16. The zero-order chi connectivity index (χ0) is 8.27. The average Bonchev–Trinajstić information content (AvgIpc) is 1.93. The largest absolute Gasteiger partial charge is 0.458 e. The summed E-state index contributed by atoms with van der Waals surface area (Å²) in [5.41, 5.74) is 0. The molecule has 1 rings (SSSR count). The molecule has 0 aromatic rings. The zero-order valence-corrected chi connectivity index (χ0v) is 6.42. The van der Waals surface area contributed by atoms with Gasteiger partial charge >= 0.3 is 5.97 Å². The first kappa shape index (κ1) is 8.24. The molecule has 0 saturated heterocycles. The van der Waals surface area contributed by atoms with Gasteiger partial charge in [-0.2, -0.15) is 0 Å². The van der Waals surface area contributed by atoms with Gasteiger partial charge in [-0.25, -0.2) is 4.39 Å². The molecule has 11 heavy (non-hydrogen) atoms. The third-order valence-electron chi connectivity index (χ3n) is 1.58. The van der Waals surface area contributed by atoms with Crippen LogP contribution >= 0.6 is 0 Å². The molecule has 0 bridgehead atoms. The number of ether oxygens (including phenoxy) is 1. The smallest absolute Gasteiger partial charge is 0.303 e. The van der Waals surface area contributed by atoms with E-state index in [0.717, 1.165) is 0 Å². The summed E-state index contributed by atoms with van der Waals surface area (Å²) in [5.74, 6) is -0.308. The molecule has 0 unspecified atom stereocenters. The molecule has 0 N–H and O–H groups in total. The van der Waals surface area contributed by atoms with Gasteiger partial charge in [-0.3, -0.25) is 4.79 Å². The number of allylic oxidation sites excluding steroid dienone is 1. The number of hydrogen-bond acceptors (Lipinski definition) is 2. The fourth-order valence-electron chi connectivity index (χ4n) is 1.07. The maximum Gasteiger partial charge on any atom is 0.303 e. The van der Waals surface area contributed by atoms with Gasteiger partial charge in [0.25, 0.3) is 0 Å². The summed E-state index contributed by atoms with van der Waals surface area (Å²) in [6.07, 6.45) is 3.03. The minimum atomic E-state index is -0.859. The lowest BCUT2D eigenvalue weighted by Gasteiger charge is -2.17. The van der Waals surface area contributed by atoms with Crippen molar-refractivity contribution in [3.8, 4) is 0 Å². The highest BCUT2D eigenvalue weighted by molar-refractivity contribution is 5.66. The van der Waals surface area contributed by atoms with Crippen molar-refractivity contribution in [1.29, 1.82) is 0 Å². The van der Waals surface area contributed by atoms with Crippen LogP contribution in [0.5, 0.6) is 0 Å². The van der Waals surface area contributed by atoms with E-state index in [1.165, 1.54) is 13.0 Å². The molecule has 0 spiro atoms. The molecule has 0 aromatic carbocycles. The van der Waals surface area contributed by atoms with Crippen LogP contribution in [0.4, 0.5) is 4.39 Å². The Bertz CT molecular complexity index is 177. The van der Waals surface area contributed by atoms with Crippen LogP contribution in [0.1, 0.15) is 19.8 Å². The molecule has 0 heterocycles. The van der Waals surface area contributed by atoms with Crippen LogP contribution < -0.4 is 0 Å². The Kier molecular flexibility index (Phi) is 2.63. The first-order valence-electron chi connectivity index (χ1n) is 3.68. The lowest BCUT2D eigenvalue weighted by Crippen LogP contribution is -2.19. The topological polar surface area (TPSA) is 26.3 Å². The van der Waals surface area contributed by atoms with Crippen molar-refractivity contribution in [1.82, 2.24) is 0 Å². The second kappa shape index (κ2) is 3.51. The zero-order valence-electron chi connectivity index (χ0n) is 6.42. The standard InChI is InChI=1S/C8H11FO2/c1-6(10)11-8-4-2-7(9)3-5-8/h2,4,7-8H,3,5H2,1H3/t7-,8-/m0/s1. The van der Waals surface area contributed by atoms with Crippen LogP contribution in [-0.4, -0.2) is 18.2 Å². The van der Waals surface area contributed by atoms with Gasteiger partial charge in [-0.15, -0.1) is 0 Å². The average molecular weight is 158 g/mol. The van der Waals surface area contributed by atoms with Crippen molar-refractivity contribution in [2.75, 3.05) is 0 Å². The fourth-order valence-corrected chi connectivity index (χ4v) is 1.07. The number of alkyl halides is 1. The maximum absolute atomic E-state index is 12.5. The summed E-state index contributed by atoms with van der Waals surface area (Å²) in [6.45, 7) is 1.36. The lowest BCUT2D eigenvalue weighted by atomic mass is 10.0. The van der Waals surface area contributed by atoms with Crippen LogP contribution in [0, 0.1) is 0 Å². The highest BCUT2D eigenvalue weighted by atomic mass is 19.1. The molecule has 1 aliphatic carbocycles. The first-order chi connectivity index (χ1) is 5.18. The lowest BCUT2D eigenvalue weighted by molar-refractivity contribution is -0.144. The second-order valence-electron chi connectivity index (χ2n) is 2.63. The Morgan fingerprint density at radius 2 is 2.27 bits per heavy atom. The molecule has 2 atom stereocenters. The van der Waals surface area contributed by atoms with Gasteiger partial charge in [-0.05, 0) is 18.9 Å². The minimum absolute atomic E-state index is 0.209. The summed E-state index contributed by atoms with van der Waals surface area (Å²) in [5, 5.41) is 0. The van der Waals surface area contributed by atoms with Gasteiger partial charge in [0.05, 0.1) is 0 Å². The predicted octanol–water partition coefficient (Wildman–Crippen LogP) is 1.61. The van der Waals surface area contributed by atoms with Gasteiger partial charge in [0.15, 0.2) is 0 Å². The van der Waals surface area contributed by atoms with Gasteiger partial charge in [0.1, 0.15) is 12.3 Å². The van der Waals surface area contributed by atoms with E-state index in [-0.39, 0.29) is 12.1 Å². The van der Waals surface area contributed by atoms with Crippen molar-refractivity contribution < 1.29 is 13.9 Å². The third-order valence-corrected chi connectivity index (χ3v) is 1.58. The number of carbonyl (C=O) groups is 1. The molecule has 3 heteroatoms.